The summed E-state index contributed by atoms with van der Waals surface area (Å²) in [5.41, 5.74) is 1.73. The summed E-state index contributed by atoms with van der Waals surface area (Å²) < 4.78 is 39.4. The molecule has 3 heterocycles. The third-order valence-corrected chi connectivity index (χ3v) is 4.94. The number of nitrogens with zero attached hydrogens (tertiary/aromatic N) is 10. The first-order valence-corrected chi connectivity index (χ1v) is 11.6. The number of hydrogen-bond donors (Lipinski definition) is 1. The predicted molar refractivity (Wildman–Crippen MR) is 116 cm³/mol. The first kappa shape index (κ1) is 24.9. The van der Waals surface area contributed by atoms with E-state index in [1.165, 1.54) is 10.9 Å². The van der Waals surface area contributed by atoms with Crippen molar-refractivity contribution in [2.45, 2.75) is 79.0 Å². The minimum absolute atomic E-state index is 0.193. The molecule has 182 valence electrons. The minimum Gasteiger partial charge on any atom is -0.285 e. The van der Waals surface area contributed by atoms with Gasteiger partial charge in [0.2, 0.25) is 0 Å². The van der Waals surface area contributed by atoms with E-state index in [4.69, 9.17) is 4.55 Å². The topological polar surface area (TPSA) is 159 Å². The van der Waals surface area contributed by atoms with E-state index < -0.39 is 17.1 Å². The zero-order valence-corrected chi connectivity index (χ0v) is 20.4. The normalized spacial score (nSPS) is 13.2. The van der Waals surface area contributed by atoms with Crippen molar-refractivity contribution < 1.29 is 17.2 Å². The predicted octanol–water partition coefficient (Wildman–Crippen LogP) is 0.950. The van der Waals surface area contributed by atoms with Crippen LogP contribution in [-0.4, -0.2) is 62.9 Å². The molecule has 14 nitrogen and oxygen atoms in total. The third kappa shape index (κ3) is 7.38. The van der Waals surface area contributed by atoms with Crippen molar-refractivity contribution in [3.05, 3.63) is 35.7 Å². The van der Waals surface area contributed by atoms with Gasteiger partial charge in [0.25, 0.3) is 0 Å². The molecule has 0 aromatic carbocycles. The van der Waals surface area contributed by atoms with E-state index in [2.05, 4.69) is 35.1 Å². The van der Waals surface area contributed by atoms with Crippen LogP contribution in [0.25, 0.3) is 0 Å². The van der Waals surface area contributed by atoms with Gasteiger partial charge >= 0.3 is 10.4 Å². The van der Waals surface area contributed by atoms with Crippen LogP contribution in [0.3, 0.4) is 0 Å². The summed E-state index contributed by atoms with van der Waals surface area (Å²) >= 11 is 0. The van der Waals surface area contributed by atoms with Crippen LogP contribution in [0.4, 0.5) is 0 Å². The van der Waals surface area contributed by atoms with Crippen molar-refractivity contribution in [2.75, 3.05) is 0 Å². The zero-order chi connectivity index (χ0) is 24.4. The Bertz CT molecular complexity index is 1120. The summed E-state index contributed by atoms with van der Waals surface area (Å²) in [6.45, 7) is 13.1. The van der Waals surface area contributed by atoms with E-state index in [1.54, 1.807) is 9.36 Å². The van der Waals surface area contributed by atoms with E-state index in [0.717, 1.165) is 11.4 Å². The van der Waals surface area contributed by atoms with Gasteiger partial charge in [0.05, 0.1) is 46.8 Å². The molecule has 0 bridgehead atoms. The van der Waals surface area contributed by atoms with Crippen molar-refractivity contribution in [3.8, 4) is 0 Å². The van der Waals surface area contributed by atoms with Gasteiger partial charge in [-0.25, -0.2) is 18.2 Å². The fourth-order valence-electron chi connectivity index (χ4n) is 2.85. The highest BCUT2D eigenvalue weighted by Gasteiger charge is 2.20. The second kappa shape index (κ2) is 9.24. The molecular weight excluding hydrogens is 452 g/mol. The molecule has 0 aliphatic heterocycles. The molecule has 0 aliphatic carbocycles. The molecule has 0 atom stereocenters. The lowest BCUT2D eigenvalue weighted by atomic mass is 10.1. The Labute approximate surface area is 192 Å². The molecule has 3 rings (SSSR count). The highest BCUT2D eigenvalue weighted by atomic mass is 32.3. The molecule has 0 saturated carbocycles. The van der Waals surface area contributed by atoms with E-state index in [0.29, 0.717) is 25.3 Å². The highest BCUT2D eigenvalue weighted by molar-refractivity contribution is 7.80. The molecule has 1 N–H and O–H groups in total. The van der Waals surface area contributed by atoms with Crippen LogP contribution < -0.4 is 0 Å². The van der Waals surface area contributed by atoms with Crippen LogP contribution >= 0.6 is 0 Å². The van der Waals surface area contributed by atoms with Gasteiger partial charge in [0.1, 0.15) is 0 Å². The van der Waals surface area contributed by atoms with Crippen LogP contribution in [0.5, 0.6) is 0 Å². The van der Waals surface area contributed by atoms with Gasteiger partial charge in [0, 0.05) is 19.6 Å². The first-order chi connectivity index (χ1) is 15.2. The van der Waals surface area contributed by atoms with E-state index >= 15 is 0 Å². The van der Waals surface area contributed by atoms with Crippen LogP contribution in [0.2, 0.25) is 0 Å². The average molecular weight is 483 g/mol. The molecule has 0 spiro atoms. The van der Waals surface area contributed by atoms with Crippen LogP contribution in [0.15, 0.2) is 18.6 Å². The summed E-state index contributed by atoms with van der Waals surface area (Å²) in [4.78, 5) is 2.05. The second-order valence-corrected chi connectivity index (χ2v) is 10.8. The summed E-state index contributed by atoms with van der Waals surface area (Å²) in [6, 6.07) is 0. The van der Waals surface area contributed by atoms with Gasteiger partial charge in [-0.1, -0.05) is 15.6 Å². The van der Waals surface area contributed by atoms with Gasteiger partial charge in [-0.2, -0.15) is 8.42 Å². The molecular formula is C18H30N10O4S. The lowest BCUT2D eigenvalue weighted by Crippen LogP contribution is -2.24. The molecule has 0 saturated heterocycles. The maximum Gasteiger partial charge on any atom is 0.399 e. The van der Waals surface area contributed by atoms with Crippen molar-refractivity contribution in [1.29, 1.82) is 0 Å². The number of hydrogen-bond acceptors (Lipinski definition) is 10. The summed E-state index contributed by atoms with van der Waals surface area (Å²) in [6.07, 6.45) is 5.34. The molecule has 15 heteroatoms. The fourth-order valence-corrected chi connectivity index (χ4v) is 3.09. The zero-order valence-electron chi connectivity index (χ0n) is 19.6. The van der Waals surface area contributed by atoms with Crippen molar-refractivity contribution in [3.63, 3.8) is 0 Å². The Morgan fingerprint density at radius 3 is 1.64 bits per heavy atom. The van der Waals surface area contributed by atoms with Crippen molar-refractivity contribution in [2.24, 2.45) is 0 Å². The van der Waals surface area contributed by atoms with Crippen molar-refractivity contribution >= 4 is 10.4 Å². The number of aromatic nitrogens is 9. The van der Waals surface area contributed by atoms with Crippen molar-refractivity contribution in [1.82, 2.24) is 49.9 Å². The standard InChI is InChI=1S/C18H30N10O4S/c1-17(2,3)27-11-15(20-23-27)8-25(9-16-12-28(24-21-16)18(4,5)6)7-14-10-26(22-19-14)13-32-33(29,30)31/h10-12H,7-9,13H2,1-6H3,(H,29,30,31). The molecule has 0 amide bonds. The van der Waals surface area contributed by atoms with Gasteiger partial charge in [-0.15, -0.1) is 15.3 Å². The molecule has 0 aliphatic rings. The lowest BCUT2D eigenvalue weighted by Gasteiger charge is -2.20. The largest absolute Gasteiger partial charge is 0.399 e. The monoisotopic (exact) mass is 482 g/mol. The van der Waals surface area contributed by atoms with E-state index in [9.17, 15) is 8.42 Å². The Morgan fingerprint density at radius 1 is 0.818 bits per heavy atom. The molecule has 33 heavy (non-hydrogen) atoms. The second-order valence-electron chi connectivity index (χ2n) is 9.72. The average Bonchev–Trinajstić information content (AvgIpc) is 3.39. The smallest absolute Gasteiger partial charge is 0.285 e. The van der Waals surface area contributed by atoms with Gasteiger partial charge < -0.3 is 0 Å². The SMILES string of the molecule is CC(C)(C)n1cc(CN(Cc2cn(COS(=O)(=O)O)nn2)Cc2cn(C(C)(C)C)nn2)nn1. The molecule has 0 radical (unpaired) electrons. The first-order valence-electron chi connectivity index (χ1n) is 10.3. The Balaban J connectivity index is 1.77. The Hall–Kier alpha value is -2.75. The lowest BCUT2D eigenvalue weighted by molar-refractivity contribution is 0.195. The Morgan fingerprint density at radius 2 is 1.24 bits per heavy atom. The maximum absolute atomic E-state index is 10.8. The molecule has 0 unspecified atom stereocenters. The van der Waals surface area contributed by atoms with Gasteiger partial charge in [-0.3, -0.25) is 9.45 Å². The summed E-state index contributed by atoms with van der Waals surface area (Å²) in [5, 5.41) is 24.9. The number of rotatable bonds is 9. The minimum atomic E-state index is -4.57. The fraction of sp³-hybridized carbons (Fsp3) is 0.667. The highest BCUT2D eigenvalue weighted by Crippen LogP contribution is 2.16. The van der Waals surface area contributed by atoms with Crippen LogP contribution in [-0.2, 0) is 52.0 Å². The maximum atomic E-state index is 10.8. The molecule has 3 aromatic heterocycles. The van der Waals surface area contributed by atoms with Gasteiger partial charge in [0.15, 0.2) is 6.73 Å². The van der Waals surface area contributed by atoms with E-state index in [1.807, 2.05) is 58.8 Å². The summed E-state index contributed by atoms with van der Waals surface area (Å²) in [7, 11) is -4.57. The van der Waals surface area contributed by atoms with Crippen LogP contribution in [0.1, 0.15) is 58.6 Å². The molecule has 3 aromatic rings. The molecule has 0 fully saturated rings. The third-order valence-electron chi connectivity index (χ3n) is 4.53. The Kier molecular flexibility index (Phi) is 6.97. The van der Waals surface area contributed by atoms with E-state index in [-0.39, 0.29) is 11.1 Å². The van der Waals surface area contributed by atoms with Crippen LogP contribution in [0, 0.1) is 0 Å². The quantitative estimate of drug-likeness (QED) is 0.433. The summed E-state index contributed by atoms with van der Waals surface area (Å²) in [5.74, 6) is 0. The van der Waals surface area contributed by atoms with Gasteiger partial charge in [-0.05, 0) is 41.5 Å².